The van der Waals surface area contributed by atoms with Gasteiger partial charge in [-0.25, -0.2) is 13.8 Å². The van der Waals surface area contributed by atoms with Crippen LogP contribution >= 0.6 is 11.8 Å². The molecule has 134 valence electrons. The van der Waals surface area contributed by atoms with E-state index in [-0.39, 0.29) is 18.2 Å². The Bertz CT molecular complexity index is 871. The summed E-state index contributed by atoms with van der Waals surface area (Å²) in [5.74, 6) is -1.43. The summed E-state index contributed by atoms with van der Waals surface area (Å²) < 4.78 is 26.2. The van der Waals surface area contributed by atoms with Crippen molar-refractivity contribution in [3.05, 3.63) is 60.2 Å². The van der Waals surface area contributed by atoms with Crippen LogP contribution in [0.15, 0.2) is 53.5 Å². The number of hydrogen-bond acceptors (Lipinski definition) is 4. The maximum Gasteiger partial charge on any atom is 0.242 e. The van der Waals surface area contributed by atoms with Gasteiger partial charge in [-0.1, -0.05) is 17.8 Å². The van der Waals surface area contributed by atoms with Gasteiger partial charge in [0.25, 0.3) is 0 Å². The number of hydrogen-bond donors (Lipinski definition) is 1. The maximum atomic E-state index is 13.3. The molecule has 0 aromatic heterocycles. The lowest BCUT2D eigenvalue weighted by molar-refractivity contribution is -0.127. The van der Waals surface area contributed by atoms with Crippen LogP contribution in [0.1, 0.15) is 6.42 Å². The number of nitrogens with one attached hydrogen (secondary N) is 1. The molecular formula is C18H15F2N3O2S. The van der Waals surface area contributed by atoms with Crippen LogP contribution in [0.3, 0.4) is 0 Å². The Morgan fingerprint density at radius 2 is 1.92 bits per heavy atom. The molecule has 2 aromatic carbocycles. The Labute approximate surface area is 153 Å². The Morgan fingerprint density at radius 3 is 2.62 bits per heavy atom. The number of benzene rings is 2. The first-order valence-electron chi connectivity index (χ1n) is 7.76. The molecule has 2 amide bonds. The van der Waals surface area contributed by atoms with Crippen LogP contribution in [0.25, 0.3) is 0 Å². The van der Waals surface area contributed by atoms with Crippen molar-refractivity contribution in [1.29, 1.82) is 0 Å². The van der Waals surface area contributed by atoms with E-state index in [0.717, 1.165) is 11.8 Å². The second kappa shape index (κ2) is 7.65. The van der Waals surface area contributed by atoms with Crippen molar-refractivity contribution in [2.24, 2.45) is 4.99 Å². The van der Waals surface area contributed by atoms with Gasteiger partial charge < -0.3 is 5.32 Å². The van der Waals surface area contributed by atoms with E-state index >= 15 is 0 Å². The van der Waals surface area contributed by atoms with Crippen molar-refractivity contribution in [2.45, 2.75) is 11.7 Å². The number of amides is 2. The van der Waals surface area contributed by atoms with Gasteiger partial charge in [0.05, 0.1) is 5.69 Å². The lowest BCUT2D eigenvalue weighted by Gasteiger charge is -2.09. The third-order valence-corrected chi connectivity index (χ3v) is 4.90. The highest BCUT2D eigenvalue weighted by Crippen LogP contribution is 2.30. The van der Waals surface area contributed by atoms with Gasteiger partial charge in [-0.15, -0.1) is 0 Å². The summed E-state index contributed by atoms with van der Waals surface area (Å²) in [7, 11) is 1.56. The molecule has 1 atom stereocenters. The SMILES string of the molecule is CN1C(=O)[C@@H](CC(=O)Nc2ccc(F)cc2)SC1=Nc1cccc(F)c1. The third-order valence-electron chi connectivity index (χ3n) is 3.67. The van der Waals surface area contributed by atoms with Gasteiger partial charge in [0, 0.05) is 19.2 Å². The van der Waals surface area contributed by atoms with Crippen molar-refractivity contribution >= 4 is 40.1 Å². The van der Waals surface area contributed by atoms with Gasteiger partial charge in [0.15, 0.2) is 5.17 Å². The largest absolute Gasteiger partial charge is 0.326 e. The summed E-state index contributed by atoms with van der Waals surface area (Å²) >= 11 is 1.15. The molecule has 3 rings (SSSR count). The van der Waals surface area contributed by atoms with Crippen LogP contribution in [0, 0.1) is 11.6 Å². The zero-order chi connectivity index (χ0) is 18.7. The Morgan fingerprint density at radius 1 is 1.19 bits per heavy atom. The quantitative estimate of drug-likeness (QED) is 0.889. The zero-order valence-corrected chi connectivity index (χ0v) is 14.6. The van der Waals surface area contributed by atoms with Crippen molar-refractivity contribution in [3.8, 4) is 0 Å². The number of aliphatic imine (C=N–C) groups is 1. The predicted octanol–water partition coefficient (Wildman–Crippen LogP) is 3.55. The number of carbonyl (C=O) groups is 2. The zero-order valence-electron chi connectivity index (χ0n) is 13.8. The molecule has 8 heteroatoms. The van der Waals surface area contributed by atoms with E-state index in [9.17, 15) is 18.4 Å². The van der Waals surface area contributed by atoms with Gasteiger partial charge in [0.2, 0.25) is 11.8 Å². The van der Waals surface area contributed by atoms with E-state index in [4.69, 9.17) is 0 Å². The molecule has 1 N–H and O–H groups in total. The van der Waals surface area contributed by atoms with E-state index in [1.165, 1.54) is 47.4 Å². The topological polar surface area (TPSA) is 61.8 Å². The van der Waals surface area contributed by atoms with Crippen LogP contribution in [0.2, 0.25) is 0 Å². The first kappa shape index (κ1) is 18.1. The number of amidine groups is 1. The van der Waals surface area contributed by atoms with Crippen LogP contribution in [-0.2, 0) is 9.59 Å². The summed E-state index contributed by atoms with van der Waals surface area (Å²) in [5, 5.41) is 2.41. The van der Waals surface area contributed by atoms with Crippen LogP contribution in [0.5, 0.6) is 0 Å². The number of nitrogens with zero attached hydrogens (tertiary/aromatic N) is 2. The molecule has 0 unspecified atom stereocenters. The molecule has 0 aliphatic carbocycles. The van der Waals surface area contributed by atoms with Crippen LogP contribution in [0.4, 0.5) is 20.2 Å². The monoisotopic (exact) mass is 375 g/mol. The minimum absolute atomic E-state index is 0.0482. The van der Waals surface area contributed by atoms with Crippen molar-refractivity contribution in [1.82, 2.24) is 4.90 Å². The molecule has 1 heterocycles. The molecule has 1 fully saturated rings. The van der Waals surface area contributed by atoms with Gasteiger partial charge >= 0.3 is 0 Å². The molecular weight excluding hydrogens is 360 g/mol. The molecule has 1 saturated heterocycles. The molecule has 0 spiro atoms. The molecule has 2 aromatic rings. The fourth-order valence-corrected chi connectivity index (χ4v) is 3.52. The van der Waals surface area contributed by atoms with Crippen LogP contribution < -0.4 is 5.32 Å². The van der Waals surface area contributed by atoms with Crippen molar-refractivity contribution in [3.63, 3.8) is 0 Å². The van der Waals surface area contributed by atoms with Gasteiger partial charge in [0.1, 0.15) is 16.9 Å². The molecule has 0 radical (unpaired) electrons. The fraction of sp³-hybridized carbons (Fsp3) is 0.167. The minimum atomic E-state index is -0.618. The highest BCUT2D eigenvalue weighted by Gasteiger charge is 2.37. The number of thioether (sulfide) groups is 1. The first-order valence-corrected chi connectivity index (χ1v) is 8.64. The molecule has 5 nitrogen and oxygen atoms in total. The van der Waals surface area contributed by atoms with E-state index in [1.54, 1.807) is 13.1 Å². The molecule has 0 saturated carbocycles. The lowest BCUT2D eigenvalue weighted by Crippen LogP contribution is -2.30. The second-order valence-corrected chi connectivity index (χ2v) is 6.81. The summed E-state index contributed by atoms with van der Waals surface area (Å²) in [6, 6.07) is 11.1. The average molecular weight is 375 g/mol. The van der Waals surface area contributed by atoms with Crippen molar-refractivity contribution < 1.29 is 18.4 Å². The van der Waals surface area contributed by atoms with E-state index in [1.807, 2.05) is 0 Å². The summed E-state index contributed by atoms with van der Waals surface area (Å²) in [5.41, 5.74) is 0.845. The number of carbonyl (C=O) groups excluding carboxylic acids is 2. The fourth-order valence-electron chi connectivity index (χ4n) is 2.37. The molecule has 1 aliphatic rings. The number of anilines is 1. The summed E-state index contributed by atoms with van der Waals surface area (Å²) in [4.78, 5) is 30.1. The number of halogens is 2. The lowest BCUT2D eigenvalue weighted by atomic mass is 10.2. The van der Waals surface area contributed by atoms with E-state index < -0.39 is 16.9 Å². The van der Waals surface area contributed by atoms with E-state index in [0.29, 0.717) is 16.5 Å². The highest BCUT2D eigenvalue weighted by atomic mass is 32.2. The Balaban J connectivity index is 1.66. The van der Waals surface area contributed by atoms with Gasteiger partial charge in [-0.3, -0.25) is 14.5 Å². The standard InChI is InChI=1S/C18H15F2N3O2S/c1-23-17(25)15(10-16(24)21-13-7-5-11(19)6-8-13)26-18(23)22-14-4-2-3-12(20)9-14/h2-9,15H,10H2,1H3,(H,21,24)/t15-/m1/s1. The smallest absolute Gasteiger partial charge is 0.242 e. The first-order chi connectivity index (χ1) is 12.4. The second-order valence-electron chi connectivity index (χ2n) is 5.64. The van der Waals surface area contributed by atoms with Crippen molar-refractivity contribution in [2.75, 3.05) is 12.4 Å². The van der Waals surface area contributed by atoms with Gasteiger partial charge in [-0.05, 0) is 42.5 Å². The van der Waals surface area contributed by atoms with Gasteiger partial charge in [-0.2, -0.15) is 0 Å². The third kappa shape index (κ3) is 4.26. The van der Waals surface area contributed by atoms with E-state index in [2.05, 4.69) is 10.3 Å². The maximum absolute atomic E-state index is 13.3. The highest BCUT2D eigenvalue weighted by molar-refractivity contribution is 8.15. The Hall–Kier alpha value is -2.74. The van der Waals surface area contributed by atoms with Crippen LogP contribution in [-0.4, -0.2) is 34.2 Å². The number of rotatable bonds is 4. The molecule has 1 aliphatic heterocycles. The Kier molecular flexibility index (Phi) is 5.32. The molecule has 0 bridgehead atoms. The summed E-state index contributed by atoms with van der Waals surface area (Å²) in [6.45, 7) is 0. The minimum Gasteiger partial charge on any atom is -0.326 e. The summed E-state index contributed by atoms with van der Waals surface area (Å²) in [6.07, 6.45) is -0.0482. The average Bonchev–Trinajstić information content (AvgIpc) is 2.85. The predicted molar refractivity (Wildman–Crippen MR) is 97.3 cm³/mol. The molecule has 26 heavy (non-hydrogen) atoms. The normalized spacial score (nSPS) is 18.4.